The van der Waals surface area contributed by atoms with Crippen LogP contribution in [-0.2, 0) is 22.4 Å². The summed E-state index contributed by atoms with van der Waals surface area (Å²) in [6.45, 7) is 5.81. The average Bonchev–Trinajstić information content (AvgIpc) is 2.97. The third-order valence-corrected chi connectivity index (χ3v) is 4.67. The fraction of sp³-hybridized carbons (Fsp3) is 0.556. The molecular formula is C18H23NO4. The fourth-order valence-corrected chi connectivity index (χ4v) is 3.82. The number of hydrogen-bond acceptors (Lipinski definition) is 3. The van der Waals surface area contributed by atoms with E-state index in [2.05, 4.69) is 12.1 Å². The minimum atomic E-state index is -0.955. The van der Waals surface area contributed by atoms with Crippen LogP contribution in [-0.4, -0.2) is 40.3 Å². The maximum Gasteiger partial charge on any atom is 0.411 e. The number of rotatable bonds is 1. The van der Waals surface area contributed by atoms with Crippen LogP contribution in [0.25, 0.3) is 0 Å². The van der Waals surface area contributed by atoms with Crippen LogP contribution in [0.1, 0.15) is 38.3 Å². The second-order valence-electron chi connectivity index (χ2n) is 7.79. The van der Waals surface area contributed by atoms with Crippen molar-refractivity contribution in [1.82, 2.24) is 4.90 Å². The molecule has 5 nitrogen and oxygen atoms in total. The van der Waals surface area contributed by atoms with E-state index < -0.39 is 23.7 Å². The summed E-state index contributed by atoms with van der Waals surface area (Å²) in [5.74, 6) is -0.955. The minimum absolute atomic E-state index is 0.177. The molecule has 0 aromatic heterocycles. The Bertz CT molecular complexity index is 622. The van der Waals surface area contributed by atoms with Gasteiger partial charge in [-0.15, -0.1) is 0 Å². The number of nitrogens with zero attached hydrogens (tertiary/aromatic N) is 1. The highest BCUT2D eigenvalue weighted by molar-refractivity contribution is 5.81. The first-order valence-electron chi connectivity index (χ1n) is 7.98. The molecule has 1 unspecified atom stereocenters. The first-order valence-corrected chi connectivity index (χ1v) is 7.98. The van der Waals surface area contributed by atoms with Gasteiger partial charge >= 0.3 is 12.1 Å². The number of fused-ring (bicyclic) bond motifs is 1. The number of aliphatic carboxylic acids is 1. The maximum absolute atomic E-state index is 12.4. The van der Waals surface area contributed by atoms with Crippen LogP contribution < -0.4 is 0 Å². The van der Waals surface area contributed by atoms with E-state index in [1.165, 1.54) is 16.0 Å². The highest BCUT2D eigenvalue weighted by Crippen LogP contribution is 2.46. The Hall–Kier alpha value is -2.04. The molecule has 1 N–H and O–H groups in total. The molecule has 124 valence electrons. The molecule has 1 aromatic rings. The van der Waals surface area contributed by atoms with E-state index in [1.807, 2.05) is 12.1 Å². The molecule has 1 amide bonds. The van der Waals surface area contributed by atoms with Gasteiger partial charge in [0, 0.05) is 6.54 Å². The summed E-state index contributed by atoms with van der Waals surface area (Å²) in [5.41, 5.74) is 1.73. The van der Waals surface area contributed by atoms with E-state index >= 15 is 0 Å². The lowest BCUT2D eigenvalue weighted by Gasteiger charge is -2.27. The van der Waals surface area contributed by atoms with E-state index in [-0.39, 0.29) is 5.41 Å². The molecule has 0 radical (unpaired) electrons. The van der Waals surface area contributed by atoms with Crippen molar-refractivity contribution in [1.29, 1.82) is 0 Å². The Morgan fingerprint density at radius 1 is 1.22 bits per heavy atom. The quantitative estimate of drug-likeness (QED) is 0.865. The van der Waals surface area contributed by atoms with Gasteiger partial charge in [-0.1, -0.05) is 24.3 Å². The van der Waals surface area contributed by atoms with Crippen molar-refractivity contribution in [3.63, 3.8) is 0 Å². The van der Waals surface area contributed by atoms with Crippen LogP contribution in [0.2, 0.25) is 0 Å². The first kappa shape index (κ1) is 15.8. The number of carboxylic acids is 1. The number of ether oxygens (including phenoxy) is 1. The van der Waals surface area contributed by atoms with Crippen molar-refractivity contribution in [2.24, 2.45) is 5.41 Å². The summed E-state index contributed by atoms with van der Waals surface area (Å²) in [7, 11) is 0. The normalized spacial score (nSPS) is 22.2. The Kier molecular flexibility index (Phi) is 3.62. The molecule has 0 saturated carbocycles. The number of carboxylic acid groups (broad SMARTS) is 1. The van der Waals surface area contributed by atoms with Crippen LogP contribution >= 0.6 is 0 Å². The Morgan fingerprint density at radius 3 is 2.26 bits per heavy atom. The van der Waals surface area contributed by atoms with E-state index in [9.17, 15) is 14.7 Å². The van der Waals surface area contributed by atoms with Gasteiger partial charge in [-0.05, 0) is 56.6 Å². The third kappa shape index (κ3) is 3.05. The second kappa shape index (κ2) is 5.25. The first-order chi connectivity index (χ1) is 10.7. The van der Waals surface area contributed by atoms with Gasteiger partial charge in [0.05, 0.1) is 0 Å². The predicted molar refractivity (Wildman–Crippen MR) is 85.3 cm³/mol. The van der Waals surface area contributed by atoms with Crippen molar-refractivity contribution >= 4 is 12.1 Å². The zero-order chi connectivity index (χ0) is 16.8. The zero-order valence-corrected chi connectivity index (χ0v) is 13.8. The van der Waals surface area contributed by atoms with Gasteiger partial charge < -0.3 is 9.84 Å². The Balaban J connectivity index is 1.83. The maximum atomic E-state index is 12.4. The highest BCUT2D eigenvalue weighted by atomic mass is 16.6. The summed E-state index contributed by atoms with van der Waals surface area (Å²) in [6, 6.07) is 7.39. The SMILES string of the molecule is CC(C)(C)OC(=O)N1CC2(Cc3ccccc3C2)CC1C(=O)O. The number of hydrogen-bond donors (Lipinski definition) is 1. The van der Waals surface area contributed by atoms with Gasteiger partial charge in [0.2, 0.25) is 0 Å². The van der Waals surface area contributed by atoms with Gasteiger partial charge in [0.1, 0.15) is 11.6 Å². The third-order valence-electron chi connectivity index (χ3n) is 4.67. The van der Waals surface area contributed by atoms with Crippen LogP contribution in [0.3, 0.4) is 0 Å². The second-order valence-corrected chi connectivity index (χ2v) is 7.79. The molecule has 5 heteroatoms. The molecule has 1 atom stereocenters. The molecule has 1 aliphatic heterocycles. The number of amides is 1. The minimum Gasteiger partial charge on any atom is -0.480 e. The monoisotopic (exact) mass is 317 g/mol. The van der Waals surface area contributed by atoms with Crippen molar-refractivity contribution < 1.29 is 19.4 Å². The molecule has 0 bridgehead atoms. The summed E-state index contributed by atoms with van der Waals surface area (Å²) in [6.07, 6.45) is 1.60. The largest absolute Gasteiger partial charge is 0.480 e. The number of carbonyl (C=O) groups is 2. The zero-order valence-electron chi connectivity index (χ0n) is 13.8. The van der Waals surface area contributed by atoms with Gasteiger partial charge in [-0.2, -0.15) is 0 Å². The van der Waals surface area contributed by atoms with Crippen molar-refractivity contribution in [3.8, 4) is 0 Å². The molecule has 1 spiro atoms. The molecule has 1 fully saturated rings. The van der Waals surface area contributed by atoms with Crippen LogP contribution in [0.4, 0.5) is 4.79 Å². The van der Waals surface area contributed by atoms with E-state index in [1.54, 1.807) is 20.8 Å². The van der Waals surface area contributed by atoms with Gasteiger partial charge in [0.25, 0.3) is 0 Å². The Labute approximate surface area is 136 Å². The lowest BCUT2D eigenvalue weighted by atomic mass is 9.82. The molecule has 3 rings (SSSR count). The van der Waals surface area contributed by atoms with E-state index in [4.69, 9.17) is 4.74 Å². The fourth-order valence-electron chi connectivity index (χ4n) is 3.82. The van der Waals surface area contributed by atoms with Crippen molar-refractivity contribution in [2.75, 3.05) is 6.54 Å². The predicted octanol–water partition coefficient (Wildman–Crippen LogP) is 2.87. The lowest BCUT2D eigenvalue weighted by Crippen LogP contribution is -2.43. The van der Waals surface area contributed by atoms with Crippen molar-refractivity contribution in [3.05, 3.63) is 35.4 Å². The van der Waals surface area contributed by atoms with Crippen LogP contribution in [0.5, 0.6) is 0 Å². The number of benzene rings is 1. The van der Waals surface area contributed by atoms with Gasteiger partial charge in [0.15, 0.2) is 0 Å². The van der Waals surface area contributed by atoms with Crippen LogP contribution in [0, 0.1) is 5.41 Å². The molecule has 1 aliphatic carbocycles. The summed E-state index contributed by atoms with van der Waals surface area (Å²) in [4.78, 5) is 25.5. The molecule has 2 aliphatic rings. The van der Waals surface area contributed by atoms with Crippen molar-refractivity contribution in [2.45, 2.75) is 51.7 Å². The summed E-state index contributed by atoms with van der Waals surface area (Å²) < 4.78 is 5.41. The Morgan fingerprint density at radius 2 is 1.78 bits per heavy atom. The summed E-state index contributed by atoms with van der Waals surface area (Å²) >= 11 is 0. The smallest absolute Gasteiger partial charge is 0.411 e. The molecule has 1 saturated heterocycles. The molecule has 1 aromatic carbocycles. The molecule has 23 heavy (non-hydrogen) atoms. The van der Waals surface area contributed by atoms with E-state index in [0.717, 1.165) is 12.8 Å². The van der Waals surface area contributed by atoms with E-state index in [0.29, 0.717) is 13.0 Å². The average molecular weight is 317 g/mol. The lowest BCUT2D eigenvalue weighted by molar-refractivity contribution is -0.142. The van der Waals surface area contributed by atoms with Gasteiger partial charge in [-0.3, -0.25) is 4.90 Å². The topological polar surface area (TPSA) is 66.8 Å². The highest BCUT2D eigenvalue weighted by Gasteiger charge is 2.52. The number of carbonyl (C=O) groups excluding carboxylic acids is 1. The van der Waals surface area contributed by atoms with Gasteiger partial charge in [-0.25, -0.2) is 9.59 Å². The van der Waals surface area contributed by atoms with Crippen LogP contribution in [0.15, 0.2) is 24.3 Å². The molecular weight excluding hydrogens is 294 g/mol. The molecule has 1 heterocycles. The summed E-state index contributed by atoms with van der Waals surface area (Å²) in [5, 5.41) is 9.54. The number of likely N-dealkylation sites (tertiary alicyclic amines) is 1. The standard InChI is InChI=1S/C18H23NO4/c1-17(2,3)23-16(22)19-11-18(10-14(19)15(20)21)8-12-6-4-5-7-13(12)9-18/h4-7,14H,8-11H2,1-3H3,(H,20,21).